The van der Waals surface area contributed by atoms with Gasteiger partial charge in [0.1, 0.15) is 5.82 Å². The van der Waals surface area contributed by atoms with Crippen molar-refractivity contribution in [2.75, 3.05) is 32.1 Å². The number of nitrogens with zero attached hydrogens (tertiary/aromatic N) is 3. The van der Waals surface area contributed by atoms with Crippen LogP contribution in [0.3, 0.4) is 0 Å². The molecule has 0 spiro atoms. The second-order valence-electron chi connectivity index (χ2n) is 7.29. The molecule has 7 heteroatoms. The first-order valence-corrected chi connectivity index (χ1v) is 10.4. The first-order chi connectivity index (χ1) is 13.4. The Bertz CT molecular complexity index is 1030. The highest BCUT2D eigenvalue weighted by Crippen LogP contribution is 2.35. The van der Waals surface area contributed by atoms with Gasteiger partial charge >= 0.3 is 0 Å². The summed E-state index contributed by atoms with van der Waals surface area (Å²) in [6.45, 7) is 1.30. The minimum Gasteiger partial charge on any atom is -0.375 e. The van der Waals surface area contributed by atoms with Crippen LogP contribution in [0.15, 0.2) is 36.4 Å². The Labute approximate surface area is 172 Å². The van der Waals surface area contributed by atoms with Crippen molar-refractivity contribution >= 4 is 44.7 Å². The lowest BCUT2D eigenvalue weighted by Gasteiger charge is -2.31. The summed E-state index contributed by atoms with van der Waals surface area (Å²) < 4.78 is 15.3. The molecule has 0 atom stereocenters. The standard InChI is InChI=1S/C21H21ClFN3OS/c1-25(2)18-5-3-14(11-16(18)23)21(27)26-9-7-13(8-10-26)20-24-17-12-15(22)4-6-19(17)28-20/h3-6,11-13H,7-10H2,1-2H3. The Kier molecular flexibility index (Phi) is 5.25. The average Bonchev–Trinajstić information content (AvgIpc) is 3.10. The topological polar surface area (TPSA) is 36.4 Å². The van der Waals surface area contributed by atoms with Gasteiger partial charge in [-0.1, -0.05) is 11.6 Å². The van der Waals surface area contributed by atoms with Crippen LogP contribution >= 0.6 is 22.9 Å². The molecule has 2 aromatic carbocycles. The van der Waals surface area contributed by atoms with Gasteiger partial charge in [-0.05, 0) is 49.2 Å². The van der Waals surface area contributed by atoms with Crippen LogP contribution in [0, 0.1) is 5.82 Å². The lowest BCUT2D eigenvalue weighted by Crippen LogP contribution is -2.38. The van der Waals surface area contributed by atoms with Crippen LogP contribution in [0.2, 0.25) is 5.02 Å². The summed E-state index contributed by atoms with van der Waals surface area (Å²) in [6.07, 6.45) is 1.72. The zero-order valence-electron chi connectivity index (χ0n) is 15.8. The molecule has 146 valence electrons. The number of carbonyl (C=O) groups excluding carboxylic acids is 1. The monoisotopic (exact) mass is 417 g/mol. The van der Waals surface area contributed by atoms with E-state index in [-0.39, 0.29) is 11.7 Å². The number of rotatable bonds is 3. The molecule has 1 fully saturated rings. The molecule has 2 heterocycles. The fourth-order valence-electron chi connectivity index (χ4n) is 3.61. The van der Waals surface area contributed by atoms with Crippen molar-refractivity contribution < 1.29 is 9.18 Å². The summed E-state index contributed by atoms with van der Waals surface area (Å²) in [6, 6.07) is 10.5. The molecular formula is C21H21ClFN3OS. The minimum atomic E-state index is -0.376. The first-order valence-electron chi connectivity index (χ1n) is 9.24. The van der Waals surface area contributed by atoms with Crippen LogP contribution in [0.1, 0.15) is 34.1 Å². The third-order valence-corrected chi connectivity index (χ3v) is 6.61. The van der Waals surface area contributed by atoms with E-state index >= 15 is 0 Å². The SMILES string of the molecule is CN(C)c1ccc(C(=O)N2CCC(c3nc4cc(Cl)ccc4s3)CC2)cc1F. The molecule has 1 aliphatic rings. The van der Waals surface area contributed by atoms with E-state index in [1.54, 1.807) is 42.5 Å². The Hall–Kier alpha value is -2.18. The summed E-state index contributed by atoms with van der Waals surface area (Å²) in [5.41, 5.74) is 1.81. The smallest absolute Gasteiger partial charge is 0.253 e. The number of halogens is 2. The average molecular weight is 418 g/mol. The van der Waals surface area contributed by atoms with Crippen LogP contribution in [0.25, 0.3) is 10.2 Å². The molecule has 1 aliphatic heterocycles. The summed E-state index contributed by atoms with van der Waals surface area (Å²) in [4.78, 5) is 21.0. The molecule has 1 amide bonds. The Morgan fingerprint density at radius 3 is 2.64 bits per heavy atom. The fourth-order valence-corrected chi connectivity index (χ4v) is 4.89. The number of hydrogen-bond acceptors (Lipinski definition) is 4. The predicted molar refractivity (Wildman–Crippen MR) is 113 cm³/mol. The van der Waals surface area contributed by atoms with Crippen LogP contribution < -0.4 is 4.90 Å². The van der Waals surface area contributed by atoms with E-state index < -0.39 is 0 Å². The minimum absolute atomic E-state index is 0.112. The van der Waals surface area contributed by atoms with Gasteiger partial charge in [-0.2, -0.15) is 0 Å². The first kappa shape index (κ1) is 19.2. The maximum absolute atomic E-state index is 14.2. The van der Waals surface area contributed by atoms with Crippen molar-refractivity contribution in [1.82, 2.24) is 9.88 Å². The molecular weight excluding hydrogens is 397 g/mol. The van der Waals surface area contributed by atoms with Crippen LogP contribution in [-0.2, 0) is 0 Å². The summed E-state index contributed by atoms with van der Waals surface area (Å²) in [5, 5.41) is 1.79. The Morgan fingerprint density at radius 1 is 1.21 bits per heavy atom. The summed E-state index contributed by atoms with van der Waals surface area (Å²) >= 11 is 7.75. The molecule has 0 saturated carbocycles. The van der Waals surface area contributed by atoms with E-state index in [1.165, 1.54) is 6.07 Å². The molecule has 0 aliphatic carbocycles. The third-order valence-electron chi connectivity index (χ3n) is 5.17. The number of hydrogen-bond donors (Lipinski definition) is 0. The van der Waals surface area contributed by atoms with Gasteiger partial charge in [0.25, 0.3) is 5.91 Å². The highest BCUT2D eigenvalue weighted by molar-refractivity contribution is 7.18. The highest BCUT2D eigenvalue weighted by Gasteiger charge is 2.27. The maximum atomic E-state index is 14.2. The number of likely N-dealkylation sites (tertiary alicyclic amines) is 1. The van der Waals surface area contributed by atoms with Gasteiger partial charge in [-0.3, -0.25) is 4.79 Å². The van der Waals surface area contributed by atoms with Crippen molar-refractivity contribution in [1.29, 1.82) is 0 Å². The van der Waals surface area contributed by atoms with E-state index in [4.69, 9.17) is 16.6 Å². The molecule has 4 nitrogen and oxygen atoms in total. The number of amides is 1. The van der Waals surface area contributed by atoms with Crippen molar-refractivity contribution in [2.24, 2.45) is 0 Å². The molecule has 28 heavy (non-hydrogen) atoms. The molecule has 1 saturated heterocycles. The zero-order chi connectivity index (χ0) is 19.8. The molecule has 0 unspecified atom stereocenters. The lowest BCUT2D eigenvalue weighted by atomic mass is 9.97. The molecule has 0 bridgehead atoms. The van der Waals surface area contributed by atoms with E-state index in [1.807, 2.05) is 23.1 Å². The molecule has 0 radical (unpaired) electrons. The third kappa shape index (κ3) is 3.71. The number of piperidine rings is 1. The molecule has 1 aromatic heterocycles. The van der Waals surface area contributed by atoms with Crippen molar-refractivity contribution in [3.05, 3.63) is 57.8 Å². The van der Waals surface area contributed by atoms with Crippen LogP contribution in [0.4, 0.5) is 10.1 Å². The number of aromatic nitrogens is 1. The van der Waals surface area contributed by atoms with Gasteiger partial charge in [0.15, 0.2) is 0 Å². The highest BCUT2D eigenvalue weighted by atomic mass is 35.5. The second-order valence-corrected chi connectivity index (χ2v) is 8.79. The fraction of sp³-hybridized carbons (Fsp3) is 0.333. The second kappa shape index (κ2) is 7.68. The van der Waals surface area contributed by atoms with Gasteiger partial charge in [0.2, 0.25) is 0 Å². The molecule has 0 N–H and O–H groups in total. The lowest BCUT2D eigenvalue weighted by molar-refractivity contribution is 0.0712. The Morgan fingerprint density at radius 2 is 1.96 bits per heavy atom. The van der Waals surface area contributed by atoms with E-state index in [9.17, 15) is 9.18 Å². The van der Waals surface area contributed by atoms with Gasteiger partial charge < -0.3 is 9.80 Å². The Balaban J connectivity index is 1.44. The summed E-state index contributed by atoms with van der Waals surface area (Å²) in [7, 11) is 3.56. The quantitative estimate of drug-likeness (QED) is 0.589. The van der Waals surface area contributed by atoms with Crippen LogP contribution in [-0.4, -0.2) is 43.0 Å². The van der Waals surface area contributed by atoms with E-state index in [0.717, 1.165) is 28.1 Å². The number of thiazole rings is 1. The van der Waals surface area contributed by atoms with Crippen molar-refractivity contribution in [2.45, 2.75) is 18.8 Å². The predicted octanol–water partition coefficient (Wildman–Crippen LogP) is 5.17. The van der Waals surface area contributed by atoms with Crippen molar-refractivity contribution in [3.63, 3.8) is 0 Å². The molecule has 3 aromatic rings. The van der Waals surface area contributed by atoms with Gasteiger partial charge in [0.05, 0.1) is 20.9 Å². The largest absolute Gasteiger partial charge is 0.375 e. The van der Waals surface area contributed by atoms with Crippen LogP contribution in [0.5, 0.6) is 0 Å². The number of fused-ring (bicyclic) bond motifs is 1. The number of anilines is 1. The number of carbonyl (C=O) groups is 1. The van der Waals surface area contributed by atoms with Gasteiger partial charge in [-0.25, -0.2) is 9.37 Å². The van der Waals surface area contributed by atoms with Crippen molar-refractivity contribution in [3.8, 4) is 0 Å². The van der Waals surface area contributed by atoms with E-state index in [2.05, 4.69) is 0 Å². The zero-order valence-corrected chi connectivity index (χ0v) is 17.4. The summed E-state index contributed by atoms with van der Waals surface area (Å²) in [5.74, 6) is -0.148. The van der Waals surface area contributed by atoms with E-state index in [0.29, 0.717) is 35.3 Å². The molecule has 4 rings (SSSR count). The van der Waals surface area contributed by atoms with Gasteiger partial charge in [0, 0.05) is 43.7 Å². The maximum Gasteiger partial charge on any atom is 0.253 e. The normalized spacial score (nSPS) is 15.2. The van der Waals surface area contributed by atoms with Gasteiger partial charge in [-0.15, -0.1) is 11.3 Å². The number of benzene rings is 2.